The summed E-state index contributed by atoms with van der Waals surface area (Å²) in [4.78, 5) is 24.2. The minimum absolute atomic E-state index is 0.101. The Labute approximate surface area is 185 Å². The summed E-state index contributed by atoms with van der Waals surface area (Å²) in [5.74, 6) is -0.507. The van der Waals surface area contributed by atoms with E-state index in [1.807, 2.05) is 0 Å². The number of hydrogen-bond donors (Lipinski definition) is 3. The lowest BCUT2D eigenvalue weighted by Crippen LogP contribution is -2.33. The Morgan fingerprint density at radius 3 is 2.53 bits per heavy atom. The van der Waals surface area contributed by atoms with Crippen LogP contribution >= 0.6 is 23.8 Å². The Bertz CT molecular complexity index is 924. The van der Waals surface area contributed by atoms with Crippen molar-refractivity contribution in [1.82, 2.24) is 10.6 Å². The highest BCUT2D eigenvalue weighted by Gasteiger charge is 2.16. The molecular formula is C22H22ClN3O3S. The van der Waals surface area contributed by atoms with Crippen molar-refractivity contribution < 1.29 is 14.3 Å². The lowest BCUT2D eigenvalue weighted by molar-refractivity contribution is -0.115. The number of halogens is 1. The summed E-state index contributed by atoms with van der Waals surface area (Å²) >= 11 is 11.0. The van der Waals surface area contributed by atoms with Gasteiger partial charge in [-0.25, -0.2) is 0 Å². The molecule has 1 fully saturated rings. The average molecular weight is 444 g/mol. The molecule has 1 aliphatic heterocycles. The number of anilines is 1. The lowest BCUT2D eigenvalue weighted by Gasteiger charge is -2.11. The van der Waals surface area contributed by atoms with Gasteiger partial charge in [0.1, 0.15) is 0 Å². The van der Waals surface area contributed by atoms with E-state index in [-0.39, 0.29) is 23.0 Å². The Kier molecular flexibility index (Phi) is 7.96. The maximum atomic E-state index is 12.2. The summed E-state index contributed by atoms with van der Waals surface area (Å²) < 4.78 is 5.50. The molecular weight excluding hydrogens is 422 g/mol. The van der Waals surface area contributed by atoms with Gasteiger partial charge in [0, 0.05) is 35.5 Å². The fourth-order valence-electron chi connectivity index (χ4n) is 2.88. The molecule has 0 bridgehead atoms. The first-order valence-corrected chi connectivity index (χ1v) is 10.3. The summed E-state index contributed by atoms with van der Waals surface area (Å²) in [5.41, 5.74) is 2.05. The summed E-state index contributed by atoms with van der Waals surface area (Å²) in [7, 11) is 0. The normalized spacial score (nSPS) is 15.7. The van der Waals surface area contributed by atoms with Gasteiger partial charge in [-0.2, -0.15) is 0 Å². The number of carbonyl (C=O) groups excluding carboxylic acids is 2. The summed E-state index contributed by atoms with van der Waals surface area (Å²) in [6.07, 6.45) is 5.16. The molecule has 0 aliphatic carbocycles. The molecule has 0 spiro atoms. The zero-order valence-corrected chi connectivity index (χ0v) is 17.8. The standard InChI is InChI=1S/C22H22ClN3O3S/c23-17-8-3-15(4-9-17)5-12-20(27)26-22(30)25-18-10-6-16(7-11-18)21(28)24-14-19-2-1-13-29-19/h3-12,19H,1-2,13-14H2,(H,24,28)(H2,25,26,27,30)/b12-5+. The second-order valence-electron chi connectivity index (χ2n) is 6.75. The van der Waals surface area contributed by atoms with Gasteiger partial charge in [-0.15, -0.1) is 0 Å². The largest absolute Gasteiger partial charge is 0.376 e. The van der Waals surface area contributed by atoms with Crippen molar-refractivity contribution >= 4 is 52.5 Å². The highest BCUT2D eigenvalue weighted by molar-refractivity contribution is 7.80. The minimum Gasteiger partial charge on any atom is -0.376 e. The van der Waals surface area contributed by atoms with Crippen molar-refractivity contribution in [2.75, 3.05) is 18.5 Å². The monoisotopic (exact) mass is 443 g/mol. The Morgan fingerprint density at radius 2 is 1.87 bits per heavy atom. The molecule has 2 aromatic rings. The van der Waals surface area contributed by atoms with Gasteiger partial charge < -0.3 is 15.4 Å². The molecule has 1 heterocycles. The van der Waals surface area contributed by atoms with Gasteiger partial charge in [-0.1, -0.05) is 23.7 Å². The van der Waals surface area contributed by atoms with E-state index in [1.165, 1.54) is 6.08 Å². The number of rotatable bonds is 6. The van der Waals surface area contributed by atoms with Crippen LogP contribution in [-0.4, -0.2) is 36.2 Å². The van der Waals surface area contributed by atoms with E-state index in [2.05, 4.69) is 16.0 Å². The van der Waals surface area contributed by atoms with Gasteiger partial charge >= 0.3 is 0 Å². The van der Waals surface area contributed by atoms with E-state index in [0.717, 1.165) is 25.0 Å². The van der Waals surface area contributed by atoms with Crippen LogP contribution in [0.4, 0.5) is 5.69 Å². The molecule has 3 rings (SSSR count). The molecule has 0 aromatic heterocycles. The predicted octanol–water partition coefficient (Wildman–Crippen LogP) is 3.78. The van der Waals surface area contributed by atoms with Gasteiger partial charge in [0.15, 0.2) is 5.11 Å². The van der Waals surface area contributed by atoms with E-state index in [0.29, 0.717) is 22.8 Å². The van der Waals surface area contributed by atoms with Crippen molar-refractivity contribution in [3.8, 4) is 0 Å². The van der Waals surface area contributed by atoms with E-state index in [1.54, 1.807) is 54.6 Å². The van der Waals surface area contributed by atoms with Gasteiger partial charge in [0.2, 0.25) is 5.91 Å². The SMILES string of the molecule is O=C(/C=C/c1ccc(Cl)cc1)NC(=S)Nc1ccc(C(=O)NCC2CCCO2)cc1. The number of carbonyl (C=O) groups is 2. The fourth-order valence-corrected chi connectivity index (χ4v) is 3.22. The van der Waals surface area contributed by atoms with Crippen molar-refractivity contribution in [1.29, 1.82) is 0 Å². The van der Waals surface area contributed by atoms with Crippen molar-refractivity contribution in [2.45, 2.75) is 18.9 Å². The first-order valence-electron chi connectivity index (χ1n) is 9.55. The Balaban J connectivity index is 1.44. The molecule has 3 N–H and O–H groups in total. The van der Waals surface area contributed by atoms with Gasteiger partial charge in [-0.3, -0.25) is 14.9 Å². The number of nitrogens with one attached hydrogen (secondary N) is 3. The zero-order valence-electron chi connectivity index (χ0n) is 16.2. The van der Waals surface area contributed by atoms with E-state index in [9.17, 15) is 9.59 Å². The molecule has 1 saturated heterocycles. The van der Waals surface area contributed by atoms with Crippen molar-refractivity contribution in [2.24, 2.45) is 0 Å². The van der Waals surface area contributed by atoms with Crippen molar-refractivity contribution in [3.05, 3.63) is 70.8 Å². The molecule has 1 unspecified atom stereocenters. The van der Waals surface area contributed by atoms with Crippen LogP contribution in [0.3, 0.4) is 0 Å². The molecule has 2 aromatic carbocycles. The predicted molar refractivity (Wildman–Crippen MR) is 123 cm³/mol. The van der Waals surface area contributed by atoms with Crippen LogP contribution in [0.25, 0.3) is 6.08 Å². The second-order valence-corrected chi connectivity index (χ2v) is 7.60. The first kappa shape index (κ1) is 22.0. The van der Waals surface area contributed by atoms with Crippen molar-refractivity contribution in [3.63, 3.8) is 0 Å². The minimum atomic E-state index is -0.354. The van der Waals surface area contributed by atoms with Gasteiger partial charge in [0.05, 0.1) is 6.10 Å². The molecule has 8 heteroatoms. The maximum absolute atomic E-state index is 12.2. The van der Waals surface area contributed by atoms with Crippen LogP contribution in [0.5, 0.6) is 0 Å². The summed E-state index contributed by atoms with van der Waals surface area (Å²) in [6, 6.07) is 13.9. The number of benzene rings is 2. The molecule has 6 nitrogen and oxygen atoms in total. The van der Waals surface area contributed by atoms with Crippen LogP contribution in [0.2, 0.25) is 5.02 Å². The third-order valence-electron chi connectivity index (χ3n) is 4.45. The number of hydrogen-bond acceptors (Lipinski definition) is 4. The second kappa shape index (κ2) is 10.9. The highest BCUT2D eigenvalue weighted by atomic mass is 35.5. The van der Waals surface area contributed by atoms with Crippen LogP contribution in [0.15, 0.2) is 54.6 Å². The van der Waals surface area contributed by atoms with Gasteiger partial charge in [-0.05, 0) is 73.1 Å². The van der Waals surface area contributed by atoms with Crippen LogP contribution in [0, 0.1) is 0 Å². The highest BCUT2D eigenvalue weighted by Crippen LogP contribution is 2.13. The average Bonchev–Trinajstić information content (AvgIpc) is 3.26. The number of ether oxygens (including phenoxy) is 1. The molecule has 0 radical (unpaired) electrons. The smallest absolute Gasteiger partial charge is 0.251 e. The van der Waals surface area contributed by atoms with Crippen LogP contribution < -0.4 is 16.0 Å². The van der Waals surface area contributed by atoms with E-state index >= 15 is 0 Å². The summed E-state index contributed by atoms with van der Waals surface area (Å²) in [5, 5.41) is 9.16. The topological polar surface area (TPSA) is 79.5 Å². The molecule has 156 valence electrons. The lowest BCUT2D eigenvalue weighted by atomic mass is 10.2. The maximum Gasteiger partial charge on any atom is 0.251 e. The third-order valence-corrected chi connectivity index (χ3v) is 4.91. The fraction of sp³-hybridized carbons (Fsp3) is 0.227. The van der Waals surface area contributed by atoms with E-state index in [4.69, 9.17) is 28.6 Å². The number of amides is 2. The van der Waals surface area contributed by atoms with Crippen LogP contribution in [-0.2, 0) is 9.53 Å². The van der Waals surface area contributed by atoms with E-state index < -0.39 is 0 Å². The summed E-state index contributed by atoms with van der Waals surface area (Å²) in [6.45, 7) is 1.27. The quantitative estimate of drug-likeness (QED) is 0.467. The number of thiocarbonyl (C=S) groups is 1. The Morgan fingerprint density at radius 1 is 1.13 bits per heavy atom. The zero-order chi connectivity index (χ0) is 21.3. The molecule has 0 saturated carbocycles. The molecule has 2 amide bonds. The third kappa shape index (κ3) is 6.95. The molecule has 1 aliphatic rings. The molecule has 1 atom stereocenters. The van der Waals surface area contributed by atoms with Gasteiger partial charge in [0.25, 0.3) is 5.91 Å². The Hall–Kier alpha value is -2.74. The first-order chi connectivity index (χ1) is 14.5. The van der Waals surface area contributed by atoms with Crippen LogP contribution in [0.1, 0.15) is 28.8 Å². The molecule has 30 heavy (non-hydrogen) atoms.